The van der Waals surface area contributed by atoms with Crippen LogP contribution in [0.5, 0.6) is 0 Å². The number of benzene rings is 4. The van der Waals surface area contributed by atoms with Crippen molar-refractivity contribution in [3.05, 3.63) is 137 Å². The van der Waals surface area contributed by atoms with Gasteiger partial charge in [0, 0.05) is 32.2 Å². The number of amides is 3. The molecule has 0 saturated heterocycles. The molecule has 0 aliphatic heterocycles. The highest BCUT2D eigenvalue weighted by molar-refractivity contribution is 8.00. The summed E-state index contributed by atoms with van der Waals surface area (Å²) in [5.41, 5.74) is 2.69. The number of hydrogen-bond acceptors (Lipinski definition) is 6. The molecule has 3 N–H and O–H groups in total. The first kappa shape index (κ1) is 31.4. The Morgan fingerprint density at radius 1 is 0.844 bits per heavy atom. The number of carbonyl (C=O) groups excluding carboxylic acids is 3. The molecule has 0 aliphatic rings. The molecule has 0 fully saturated rings. The van der Waals surface area contributed by atoms with E-state index in [1.54, 1.807) is 66.7 Å². The summed E-state index contributed by atoms with van der Waals surface area (Å²) in [5, 5.41) is 8.40. The van der Waals surface area contributed by atoms with Crippen LogP contribution in [0.1, 0.15) is 27.7 Å². The Hall–Kier alpha value is -5.06. The third-order valence-corrected chi connectivity index (χ3v) is 8.60. The van der Waals surface area contributed by atoms with E-state index in [1.807, 2.05) is 44.2 Å². The van der Waals surface area contributed by atoms with Crippen molar-refractivity contribution >= 4 is 57.7 Å². The molecule has 0 saturated carbocycles. The molecule has 1 atom stereocenters. The second-order valence-electron chi connectivity index (χ2n) is 9.92. The van der Waals surface area contributed by atoms with Gasteiger partial charge in [0.25, 0.3) is 11.8 Å². The number of nitrogens with one attached hydrogen (secondary N) is 3. The lowest BCUT2D eigenvalue weighted by Gasteiger charge is -2.13. The van der Waals surface area contributed by atoms with Gasteiger partial charge in [-0.2, -0.15) is 0 Å². The Morgan fingerprint density at radius 3 is 2.18 bits per heavy atom. The number of halogens is 1. The standard InChI is InChI=1S/C35H29FN4O3S2/c1-22-31(24-11-5-3-6-12-24)39-35(45-22)40-32(41)23(2)44-28-19-17-27(18-20-28)37-34(43)30(21-26-15-9-10-16-29(26)36)38-33(42)25-13-7-4-8-14-25/h3-21,23H,1-2H3,(H,37,43)(H,38,42)(H,39,40,41)/b30-21-. The molecular weight excluding hydrogens is 608 g/mol. The largest absolute Gasteiger partial charge is 0.321 e. The number of nitrogens with zero attached hydrogens (tertiary/aromatic N) is 1. The number of carbonyl (C=O) groups is 3. The maximum atomic E-state index is 14.4. The summed E-state index contributed by atoms with van der Waals surface area (Å²) >= 11 is 2.79. The highest BCUT2D eigenvalue weighted by Gasteiger charge is 2.19. The second kappa shape index (κ2) is 14.6. The predicted molar refractivity (Wildman–Crippen MR) is 180 cm³/mol. The maximum absolute atomic E-state index is 14.4. The number of aryl methyl sites for hydroxylation is 1. The molecule has 226 valence electrons. The lowest BCUT2D eigenvalue weighted by molar-refractivity contribution is -0.115. The molecule has 0 radical (unpaired) electrons. The third-order valence-electron chi connectivity index (χ3n) is 6.60. The minimum atomic E-state index is -0.621. The fourth-order valence-electron chi connectivity index (χ4n) is 4.28. The molecule has 1 aromatic heterocycles. The van der Waals surface area contributed by atoms with Crippen molar-refractivity contribution in [2.75, 3.05) is 10.6 Å². The zero-order valence-electron chi connectivity index (χ0n) is 24.4. The second-order valence-corrected chi connectivity index (χ2v) is 12.5. The Kier molecular flexibility index (Phi) is 10.2. The van der Waals surface area contributed by atoms with Crippen LogP contribution in [0.3, 0.4) is 0 Å². The van der Waals surface area contributed by atoms with Crippen molar-refractivity contribution in [1.29, 1.82) is 0 Å². The maximum Gasteiger partial charge on any atom is 0.272 e. The van der Waals surface area contributed by atoms with Crippen molar-refractivity contribution in [1.82, 2.24) is 10.3 Å². The van der Waals surface area contributed by atoms with Gasteiger partial charge in [0.2, 0.25) is 5.91 Å². The highest BCUT2D eigenvalue weighted by atomic mass is 32.2. The third kappa shape index (κ3) is 8.31. The van der Waals surface area contributed by atoms with Crippen LogP contribution in [0.2, 0.25) is 0 Å². The van der Waals surface area contributed by atoms with Crippen LogP contribution in [0.25, 0.3) is 17.3 Å². The van der Waals surface area contributed by atoms with Gasteiger partial charge in [-0.3, -0.25) is 14.4 Å². The molecule has 7 nitrogen and oxygen atoms in total. The molecule has 4 aromatic carbocycles. The quantitative estimate of drug-likeness (QED) is 0.107. The zero-order valence-corrected chi connectivity index (χ0v) is 26.0. The summed E-state index contributed by atoms with van der Waals surface area (Å²) in [6, 6.07) is 31.2. The normalized spacial score (nSPS) is 11.8. The van der Waals surface area contributed by atoms with Crippen LogP contribution in [0.15, 0.2) is 120 Å². The van der Waals surface area contributed by atoms with Gasteiger partial charge in [0.1, 0.15) is 11.5 Å². The van der Waals surface area contributed by atoms with Crippen molar-refractivity contribution in [3.8, 4) is 11.3 Å². The van der Waals surface area contributed by atoms with E-state index in [0.29, 0.717) is 16.4 Å². The molecule has 1 unspecified atom stereocenters. The average Bonchev–Trinajstić information content (AvgIpc) is 3.42. The van der Waals surface area contributed by atoms with Gasteiger partial charge >= 0.3 is 0 Å². The molecule has 1 heterocycles. The summed E-state index contributed by atoms with van der Waals surface area (Å²) in [5.74, 6) is -1.83. The van der Waals surface area contributed by atoms with E-state index < -0.39 is 22.9 Å². The monoisotopic (exact) mass is 636 g/mol. The van der Waals surface area contributed by atoms with Crippen LogP contribution in [-0.4, -0.2) is 28.0 Å². The van der Waals surface area contributed by atoms with E-state index in [2.05, 4.69) is 20.9 Å². The first-order valence-electron chi connectivity index (χ1n) is 14.0. The van der Waals surface area contributed by atoms with Gasteiger partial charge in [-0.1, -0.05) is 66.7 Å². The van der Waals surface area contributed by atoms with Crippen LogP contribution < -0.4 is 16.0 Å². The van der Waals surface area contributed by atoms with Crippen molar-refractivity contribution in [2.24, 2.45) is 0 Å². The number of thiazole rings is 1. The van der Waals surface area contributed by atoms with Gasteiger partial charge in [-0.15, -0.1) is 23.1 Å². The fraction of sp³-hybridized carbons (Fsp3) is 0.0857. The fourth-order valence-corrected chi connectivity index (χ4v) is 5.99. The Labute approximate surface area is 268 Å². The minimum Gasteiger partial charge on any atom is -0.321 e. The Bertz CT molecular complexity index is 1840. The first-order valence-corrected chi connectivity index (χ1v) is 15.7. The first-order chi connectivity index (χ1) is 21.8. The van der Waals surface area contributed by atoms with E-state index in [1.165, 1.54) is 41.3 Å². The molecule has 0 aliphatic carbocycles. The van der Waals surface area contributed by atoms with Crippen LogP contribution in [0.4, 0.5) is 15.2 Å². The number of rotatable bonds is 10. The smallest absolute Gasteiger partial charge is 0.272 e. The van der Waals surface area contributed by atoms with Crippen molar-refractivity contribution in [2.45, 2.75) is 24.0 Å². The molecule has 5 rings (SSSR count). The lowest BCUT2D eigenvalue weighted by atomic mass is 10.1. The van der Waals surface area contributed by atoms with Crippen LogP contribution in [-0.2, 0) is 9.59 Å². The van der Waals surface area contributed by atoms with Gasteiger partial charge in [-0.25, -0.2) is 9.37 Å². The van der Waals surface area contributed by atoms with Gasteiger partial charge in [-0.05, 0) is 62.4 Å². The SMILES string of the molecule is Cc1sc(NC(=O)C(C)Sc2ccc(NC(=O)/C(=C/c3ccccc3F)NC(=O)c3ccccc3)cc2)nc1-c1ccccc1. The molecule has 10 heteroatoms. The number of hydrogen-bond donors (Lipinski definition) is 3. The molecule has 3 amide bonds. The number of thioether (sulfide) groups is 1. The summed E-state index contributed by atoms with van der Waals surface area (Å²) in [4.78, 5) is 45.5. The summed E-state index contributed by atoms with van der Waals surface area (Å²) in [6.07, 6.45) is 1.29. The van der Waals surface area contributed by atoms with E-state index in [0.717, 1.165) is 21.0 Å². The van der Waals surface area contributed by atoms with E-state index in [4.69, 9.17) is 0 Å². The Balaban J connectivity index is 1.23. The highest BCUT2D eigenvalue weighted by Crippen LogP contribution is 2.31. The molecule has 0 spiro atoms. The van der Waals surface area contributed by atoms with E-state index in [-0.39, 0.29) is 17.2 Å². The zero-order chi connectivity index (χ0) is 31.8. The number of anilines is 2. The summed E-state index contributed by atoms with van der Waals surface area (Å²) in [7, 11) is 0. The van der Waals surface area contributed by atoms with Gasteiger partial charge in [0.15, 0.2) is 5.13 Å². The van der Waals surface area contributed by atoms with Crippen molar-refractivity contribution < 1.29 is 18.8 Å². The Morgan fingerprint density at radius 2 is 1.49 bits per heavy atom. The molecule has 5 aromatic rings. The molecule has 0 bridgehead atoms. The summed E-state index contributed by atoms with van der Waals surface area (Å²) < 4.78 is 14.4. The lowest BCUT2D eigenvalue weighted by Crippen LogP contribution is -2.30. The van der Waals surface area contributed by atoms with Gasteiger partial charge < -0.3 is 16.0 Å². The predicted octanol–water partition coefficient (Wildman–Crippen LogP) is 7.79. The van der Waals surface area contributed by atoms with Crippen LogP contribution in [0, 0.1) is 12.7 Å². The number of aromatic nitrogens is 1. The topological polar surface area (TPSA) is 100 Å². The van der Waals surface area contributed by atoms with Crippen molar-refractivity contribution in [3.63, 3.8) is 0 Å². The molecule has 45 heavy (non-hydrogen) atoms. The minimum absolute atomic E-state index is 0.120. The van der Waals surface area contributed by atoms with Gasteiger partial charge in [0.05, 0.1) is 10.9 Å². The van der Waals surface area contributed by atoms with E-state index >= 15 is 0 Å². The van der Waals surface area contributed by atoms with E-state index in [9.17, 15) is 18.8 Å². The summed E-state index contributed by atoms with van der Waals surface area (Å²) in [6.45, 7) is 3.79. The molecular formula is C35H29FN4O3S2. The average molecular weight is 637 g/mol. The van der Waals surface area contributed by atoms with Crippen LogP contribution >= 0.6 is 23.1 Å².